The van der Waals surface area contributed by atoms with Crippen LogP contribution in [0.2, 0.25) is 5.02 Å². The molecule has 0 radical (unpaired) electrons. The summed E-state index contributed by atoms with van der Waals surface area (Å²) in [5.74, 6) is 0.720. The largest absolute Gasteiger partial charge is 0.497 e. The number of nitrogens with one attached hydrogen (secondary N) is 1. The second-order valence-electron chi connectivity index (χ2n) is 6.02. The van der Waals surface area contributed by atoms with Gasteiger partial charge in [-0.1, -0.05) is 23.7 Å². The molecule has 2 aromatic carbocycles. The van der Waals surface area contributed by atoms with Crippen molar-refractivity contribution in [3.63, 3.8) is 0 Å². The smallest absolute Gasteiger partial charge is 0.238 e. The normalized spacial score (nSPS) is 15.0. The molecule has 1 N–H and O–H groups in total. The van der Waals surface area contributed by atoms with Crippen LogP contribution in [0.15, 0.2) is 48.5 Å². The van der Waals surface area contributed by atoms with Gasteiger partial charge in [-0.3, -0.25) is 9.69 Å². The van der Waals surface area contributed by atoms with Crippen molar-refractivity contribution in [1.29, 1.82) is 0 Å². The molecular formula is C19H22ClN3O2. The molecule has 1 heterocycles. The lowest BCUT2D eigenvalue weighted by Crippen LogP contribution is -2.48. The topological polar surface area (TPSA) is 44.8 Å². The van der Waals surface area contributed by atoms with Gasteiger partial charge in [0.1, 0.15) is 5.75 Å². The summed E-state index contributed by atoms with van der Waals surface area (Å²) in [7, 11) is 1.61. The maximum atomic E-state index is 12.3. The van der Waals surface area contributed by atoms with E-state index in [2.05, 4.69) is 21.2 Å². The zero-order chi connectivity index (χ0) is 17.6. The maximum absolute atomic E-state index is 12.3. The maximum Gasteiger partial charge on any atom is 0.238 e. The van der Waals surface area contributed by atoms with Gasteiger partial charge in [-0.2, -0.15) is 0 Å². The number of piperazine rings is 1. The van der Waals surface area contributed by atoms with E-state index >= 15 is 0 Å². The number of hydrogen-bond donors (Lipinski definition) is 1. The molecule has 25 heavy (non-hydrogen) atoms. The Morgan fingerprint density at radius 2 is 1.88 bits per heavy atom. The number of halogens is 1. The molecule has 2 aromatic rings. The van der Waals surface area contributed by atoms with Crippen molar-refractivity contribution < 1.29 is 9.53 Å². The molecule has 1 saturated heterocycles. The van der Waals surface area contributed by atoms with Gasteiger partial charge in [-0.05, 0) is 30.3 Å². The highest BCUT2D eigenvalue weighted by atomic mass is 35.5. The number of ether oxygens (including phenoxy) is 1. The van der Waals surface area contributed by atoms with Crippen LogP contribution in [-0.4, -0.2) is 50.6 Å². The summed E-state index contributed by atoms with van der Waals surface area (Å²) in [6.07, 6.45) is 0. The van der Waals surface area contributed by atoms with Gasteiger partial charge in [0.05, 0.1) is 13.7 Å². The summed E-state index contributed by atoms with van der Waals surface area (Å²) in [5, 5.41) is 3.67. The zero-order valence-corrected chi connectivity index (χ0v) is 15.0. The predicted octanol–water partition coefficient (Wildman–Crippen LogP) is 3.11. The first-order valence-electron chi connectivity index (χ1n) is 8.31. The van der Waals surface area contributed by atoms with Gasteiger partial charge >= 0.3 is 0 Å². The third kappa shape index (κ3) is 4.87. The van der Waals surface area contributed by atoms with E-state index in [-0.39, 0.29) is 5.91 Å². The number of nitrogens with zero attached hydrogens (tertiary/aromatic N) is 2. The van der Waals surface area contributed by atoms with Gasteiger partial charge < -0.3 is 15.0 Å². The number of rotatable bonds is 5. The molecule has 0 bridgehead atoms. The minimum absolute atomic E-state index is 0.00976. The van der Waals surface area contributed by atoms with Gasteiger partial charge in [0, 0.05) is 48.6 Å². The molecular weight excluding hydrogens is 338 g/mol. The molecule has 1 amide bonds. The molecule has 0 aliphatic carbocycles. The van der Waals surface area contributed by atoms with E-state index in [1.165, 1.54) is 0 Å². The van der Waals surface area contributed by atoms with Crippen molar-refractivity contribution in [3.05, 3.63) is 53.6 Å². The molecule has 1 fully saturated rings. The molecule has 5 nitrogen and oxygen atoms in total. The Morgan fingerprint density at radius 3 is 2.60 bits per heavy atom. The van der Waals surface area contributed by atoms with E-state index in [1.807, 2.05) is 42.5 Å². The van der Waals surface area contributed by atoms with E-state index < -0.39 is 0 Å². The Labute approximate surface area is 153 Å². The van der Waals surface area contributed by atoms with Gasteiger partial charge in [0.2, 0.25) is 5.91 Å². The monoisotopic (exact) mass is 359 g/mol. The number of amides is 1. The van der Waals surface area contributed by atoms with Crippen LogP contribution in [0.5, 0.6) is 5.75 Å². The van der Waals surface area contributed by atoms with Gasteiger partial charge in [-0.25, -0.2) is 0 Å². The number of hydrogen-bond acceptors (Lipinski definition) is 4. The predicted molar refractivity (Wildman–Crippen MR) is 102 cm³/mol. The Hall–Kier alpha value is -2.24. The fourth-order valence-electron chi connectivity index (χ4n) is 2.94. The SMILES string of the molecule is COc1cccc(NC(=O)CN2CCN(c3cccc(Cl)c3)CC2)c1. The van der Waals surface area contributed by atoms with Crippen LogP contribution >= 0.6 is 11.6 Å². The number of carbonyl (C=O) groups excluding carboxylic acids is 1. The Kier molecular flexibility index (Phi) is 5.79. The lowest BCUT2D eigenvalue weighted by Gasteiger charge is -2.35. The summed E-state index contributed by atoms with van der Waals surface area (Å²) in [4.78, 5) is 16.7. The van der Waals surface area contributed by atoms with Gasteiger partial charge in [0.25, 0.3) is 0 Å². The van der Waals surface area contributed by atoms with Gasteiger partial charge in [-0.15, -0.1) is 0 Å². The summed E-state index contributed by atoms with van der Waals surface area (Å²) in [5.41, 5.74) is 1.88. The molecule has 1 aliphatic heterocycles. The second kappa shape index (κ2) is 8.23. The third-order valence-corrected chi connectivity index (χ3v) is 4.50. The molecule has 6 heteroatoms. The third-order valence-electron chi connectivity index (χ3n) is 4.27. The van der Waals surface area contributed by atoms with Crippen LogP contribution in [0.3, 0.4) is 0 Å². The summed E-state index contributed by atoms with van der Waals surface area (Å²) >= 11 is 6.06. The van der Waals surface area contributed by atoms with Crippen LogP contribution in [0.4, 0.5) is 11.4 Å². The van der Waals surface area contributed by atoms with Crippen molar-refractivity contribution in [3.8, 4) is 5.75 Å². The first-order valence-corrected chi connectivity index (χ1v) is 8.68. The minimum atomic E-state index is -0.00976. The summed E-state index contributed by atoms with van der Waals surface area (Å²) in [6.45, 7) is 3.84. The fraction of sp³-hybridized carbons (Fsp3) is 0.316. The molecule has 3 rings (SSSR count). The standard InChI is InChI=1S/C19H22ClN3O2/c1-25-18-7-3-5-16(13-18)21-19(24)14-22-8-10-23(11-9-22)17-6-2-4-15(20)12-17/h2-7,12-13H,8-11,14H2,1H3,(H,21,24). The van der Waals surface area contributed by atoms with Crippen LogP contribution in [0, 0.1) is 0 Å². The molecule has 0 unspecified atom stereocenters. The average Bonchev–Trinajstić information content (AvgIpc) is 2.62. The molecule has 0 spiro atoms. The summed E-state index contributed by atoms with van der Waals surface area (Å²) < 4.78 is 5.17. The van der Waals surface area contributed by atoms with E-state index in [0.717, 1.165) is 48.3 Å². The Balaban J connectivity index is 1.49. The Bertz CT molecular complexity index is 730. The van der Waals surface area contributed by atoms with Crippen molar-refractivity contribution >= 4 is 28.9 Å². The average molecular weight is 360 g/mol. The number of benzene rings is 2. The van der Waals surface area contributed by atoms with Crippen molar-refractivity contribution in [2.45, 2.75) is 0 Å². The highest BCUT2D eigenvalue weighted by molar-refractivity contribution is 6.30. The lowest BCUT2D eigenvalue weighted by atomic mass is 10.2. The first kappa shape index (κ1) is 17.6. The zero-order valence-electron chi connectivity index (χ0n) is 14.2. The first-order chi connectivity index (χ1) is 12.1. The van der Waals surface area contributed by atoms with E-state index in [0.29, 0.717) is 6.54 Å². The van der Waals surface area contributed by atoms with Crippen molar-refractivity contribution in [1.82, 2.24) is 4.90 Å². The second-order valence-corrected chi connectivity index (χ2v) is 6.46. The molecule has 0 aromatic heterocycles. The number of methoxy groups -OCH3 is 1. The van der Waals surface area contributed by atoms with Crippen LogP contribution in [0.1, 0.15) is 0 Å². The number of anilines is 2. The molecule has 0 saturated carbocycles. The highest BCUT2D eigenvalue weighted by Crippen LogP contribution is 2.21. The van der Waals surface area contributed by atoms with Crippen molar-refractivity contribution in [2.24, 2.45) is 0 Å². The van der Waals surface area contributed by atoms with E-state index in [4.69, 9.17) is 16.3 Å². The highest BCUT2D eigenvalue weighted by Gasteiger charge is 2.19. The van der Waals surface area contributed by atoms with Crippen LogP contribution in [-0.2, 0) is 4.79 Å². The van der Waals surface area contributed by atoms with Crippen molar-refractivity contribution in [2.75, 3.05) is 50.1 Å². The van der Waals surface area contributed by atoms with Crippen LogP contribution in [0.25, 0.3) is 0 Å². The minimum Gasteiger partial charge on any atom is -0.497 e. The molecule has 1 aliphatic rings. The summed E-state index contributed by atoms with van der Waals surface area (Å²) in [6, 6.07) is 15.3. The Morgan fingerprint density at radius 1 is 1.12 bits per heavy atom. The lowest BCUT2D eigenvalue weighted by molar-refractivity contribution is -0.117. The fourth-order valence-corrected chi connectivity index (χ4v) is 3.13. The van der Waals surface area contributed by atoms with E-state index in [1.54, 1.807) is 7.11 Å². The van der Waals surface area contributed by atoms with Crippen LogP contribution < -0.4 is 15.0 Å². The number of carbonyl (C=O) groups is 1. The quantitative estimate of drug-likeness (QED) is 0.891. The van der Waals surface area contributed by atoms with E-state index in [9.17, 15) is 4.79 Å². The van der Waals surface area contributed by atoms with Gasteiger partial charge in [0.15, 0.2) is 0 Å². The molecule has 0 atom stereocenters. The molecule has 132 valence electrons.